The summed E-state index contributed by atoms with van der Waals surface area (Å²) < 4.78 is 37.3. The fourth-order valence-electron chi connectivity index (χ4n) is 1.54. The van der Waals surface area contributed by atoms with Crippen LogP contribution in [0.3, 0.4) is 0 Å². The zero-order valence-corrected chi connectivity index (χ0v) is 10.9. The van der Waals surface area contributed by atoms with Crippen molar-refractivity contribution < 1.29 is 18.3 Å². The van der Waals surface area contributed by atoms with Crippen molar-refractivity contribution in [3.63, 3.8) is 0 Å². The monoisotopic (exact) mass is 287 g/mol. The Morgan fingerprint density at radius 1 is 1.26 bits per heavy atom. The molecule has 1 unspecified atom stereocenters. The fraction of sp³-hybridized carbons (Fsp3) is 0.308. The van der Waals surface area contributed by atoms with Crippen LogP contribution in [-0.4, -0.2) is 16.7 Å². The molecule has 0 saturated carbocycles. The van der Waals surface area contributed by atoms with Crippen LogP contribution in [0.2, 0.25) is 0 Å². The Bertz CT molecular complexity index is 548. The SMILES string of the molecule is CC(CO)c1csc(-c2ccc(C(F)(F)F)cc2)n1. The number of hydrogen-bond acceptors (Lipinski definition) is 3. The molecule has 1 aromatic heterocycles. The maximum atomic E-state index is 12.4. The number of aromatic nitrogens is 1. The van der Waals surface area contributed by atoms with E-state index in [0.29, 0.717) is 10.6 Å². The number of aliphatic hydroxyl groups is 1. The predicted octanol–water partition coefficient (Wildman–Crippen LogP) is 3.92. The smallest absolute Gasteiger partial charge is 0.396 e. The van der Waals surface area contributed by atoms with Gasteiger partial charge in [-0.15, -0.1) is 11.3 Å². The van der Waals surface area contributed by atoms with E-state index in [1.165, 1.54) is 23.5 Å². The van der Waals surface area contributed by atoms with Crippen LogP contribution in [0, 0.1) is 0 Å². The van der Waals surface area contributed by atoms with Gasteiger partial charge in [0.15, 0.2) is 0 Å². The lowest BCUT2D eigenvalue weighted by molar-refractivity contribution is -0.137. The summed E-state index contributed by atoms with van der Waals surface area (Å²) in [6.45, 7) is 1.84. The molecule has 0 radical (unpaired) electrons. The first-order chi connectivity index (χ1) is 8.91. The van der Waals surface area contributed by atoms with E-state index in [9.17, 15) is 13.2 Å². The normalized spacial score (nSPS) is 13.5. The van der Waals surface area contributed by atoms with E-state index >= 15 is 0 Å². The summed E-state index contributed by atoms with van der Waals surface area (Å²) in [6, 6.07) is 4.92. The molecule has 0 bridgehead atoms. The van der Waals surface area contributed by atoms with Gasteiger partial charge in [0.2, 0.25) is 0 Å². The second-order valence-corrected chi connectivity index (χ2v) is 5.09. The molecule has 2 aromatic rings. The van der Waals surface area contributed by atoms with E-state index < -0.39 is 11.7 Å². The number of halogens is 3. The first-order valence-corrected chi connectivity index (χ1v) is 6.53. The minimum Gasteiger partial charge on any atom is -0.396 e. The molecule has 1 N–H and O–H groups in total. The van der Waals surface area contributed by atoms with Crippen molar-refractivity contribution >= 4 is 11.3 Å². The molecule has 1 atom stereocenters. The summed E-state index contributed by atoms with van der Waals surface area (Å²) >= 11 is 1.36. The summed E-state index contributed by atoms with van der Waals surface area (Å²) in [5.74, 6) is -0.0700. The van der Waals surface area contributed by atoms with Crippen molar-refractivity contribution in [1.82, 2.24) is 4.98 Å². The molecule has 1 aromatic carbocycles. The van der Waals surface area contributed by atoms with E-state index in [4.69, 9.17) is 5.11 Å². The Morgan fingerprint density at radius 3 is 2.42 bits per heavy atom. The molecule has 2 nitrogen and oxygen atoms in total. The maximum absolute atomic E-state index is 12.4. The molecule has 0 aliphatic rings. The topological polar surface area (TPSA) is 33.1 Å². The second kappa shape index (κ2) is 5.30. The molecule has 19 heavy (non-hydrogen) atoms. The third-order valence-corrected chi connectivity index (χ3v) is 3.67. The Hall–Kier alpha value is -1.40. The molecule has 0 fully saturated rings. The summed E-state index contributed by atoms with van der Waals surface area (Å²) in [5, 5.41) is 11.5. The fourth-order valence-corrected chi connectivity index (χ4v) is 2.49. The second-order valence-electron chi connectivity index (χ2n) is 4.24. The highest BCUT2D eigenvalue weighted by atomic mass is 32.1. The average Bonchev–Trinajstić information content (AvgIpc) is 2.86. The lowest BCUT2D eigenvalue weighted by Crippen LogP contribution is -2.04. The molecule has 0 aliphatic heterocycles. The first-order valence-electron chi connectivity index (χ1n) is 5.65. The van der Waals surface area contributed by atoms with Crippen molar-refractivity contribution in [3.8, 4) is 10.6 Å². The lowest BCUT2D eigenvalue weighted by atomic mass is 10.1. The van der Waals surface area contributed by atoms with Gasteiger partial charge < -0.3 is 5.11 Å². The highest BCUT2D eigenvalue weighted by Crippen LogP contribution is 2.32. The lowest BCUT2D eigenvalue weighted by Gasteiger charge is -2.06. The number of hydrogen-bond donors (Lipinski definition) is 1. The number of rotatable bonds is 3. The van der Waals surface area contributed by atoms with Crippen LogP contribution in [0.25, 0.3) is 10.6 Å². The van der Waals surface area contributed by atoms with Gasteiger partial charge in [-0.25, -0.2) is 4.98 Å². The van der Waals surface area contributed by atoms with Gasteiger partial charge in [-0.2, -0.15) is 13.2 Å². The van der Waals surface area contributed by atoms with Gasteiger partial charge in [-0.1, -0.05) is 19.1 Å². The van der Waals surface area contributed by atoms with Crippen LogP contribution in [-0.2, 0) is 6.18 Å². The minimum atomic E-state index is -4.32. The van der Waals surface area contributed by atoms with Crippen molar-refractivity contribution in [1.29, 1.82) is 0 Å². The maximum Gasteiger partial charge on any atom is 0.416 e. The van der Waals surface area contributed by atoms with E-state index in [0.717, 1.165) is 17.8 Å². The van der Waals surface area contributed by atoms with Gasteiger partial charge in [0.05, 0.1) is 17.9 Å². The number of thiazole rings is 1. The van der Waals surface area contributed by atoms with E-state index in [1.54, 1.807) is 0 Å². The summed E-state index contributed by atoms with van der Waals surface area (Å²) in [6.07, 6.45) is -4.32. The van der Waals surface area contributed by atoms with Crippen LogP contribution in [0.4, 0.5) is 13.2 Å². The molecular formula is C13H12F3NOS. The number of aliphatic hydroxyl groups excluding tert-OH is 1. The van der Waals surface area contributed by atoms with Crippen molar-refractivity contribution in [2.75, 3.05) is 6.61 Å². The Labute approximate surface area is 112 Å². The van der Waals surface area contributed by atoms with E-state index in [-0.39, 0.29) is 12.5 Å². The van der Waals surface area contributed by atoms with Gasteiger partial charge in [0, 0.05) is 16.9 Å². The largest absolute Gasteiger partial charge is 0.416 e. The summed E-state index contributed by atoms with van der Waals surface area (Å²) in [7, 11) is 0. The van der Waals surface area contributed by atoms with Crippen LogP contribution >= 0.6 is 11.3 Å². The van der Waals surface area contributed by atoms with Gasteiger partial charge in [-0.3, -0.25) is 0 Å². The molecule has 0 spiro atoms. The van der Waals surface area contributed by atoms with Crippen LogP contribution in [0.1, 0.15) is 24.1 Å². The van der Waals surface area contributed by atoms with Crippen molar-refractivity contribution in [2.24, 2.45) is 0 Å². The molecular weight excluding hydrogens is 275 g/mol. The Balaban J connectivity index is 2.25. The highest BCUT2D eigenvalue weighted by Gasteiger charge is 2.30. The molecule has 102 valence electrons. The highest BCUT2D eigenvalue weighted by molar-refractivity contribution is 7.13. The van der Waals surface area contributed by atoms with Crippen molar-refractivity contribution in [3.05, 3.63) is 40.9 Å². The van der Waals surface area contributed by atoms with Crippen LogP contribution < -0.4 is 0 Å². The zero-order chi connectivity index (χ0) is 14.0. The van der Waals surface area contributed by atoms with Gasteiger partial charge >= 0.3 is 6.18 Å². The third-order valence-electron chi connectivity index (χ3n) is 2.76. The number of alkyl halides is 3. The zero-order valence-electron chi connectivity index (χ0n) is 10.1. The summed E-state index contributed by atoms with van der Waals surface area (Å²) in [5.41, 5.74) is 0.730. The minimum absolute atomic E-state index is 0.00378. The van der Waals surface area contributed by atoms with Gasteiger partial charge in [0.1, 0.15) is 5.01 Å². The number of benzene rings is 1. The quantitative estimate of drug-likeness (QED) is 0.928. The van der Waals surface area contributed by atoms with E-state index in [2.05, 4.69) is 4.98 Å². The standard InChI is InChI=1S/C13H12F3NOS/c1-8(6-18)11-7-19-12(17-11)9-2-4-10(5-3-9)13(14,15)16/h2-5,7-8,18H,6H2,1H3. The summed E-state index contributed by atoms with van der Waals surface area (Å²) in [4.78, 5) is 4.32. The van der Waals surface area contributed by atoms with Crippen LogP contribution in [0.15, 0.2) is 29.6 Å². The first kappa shape index (κ1) is 14.0. The Morgan fingerprint density at radius 2 is 1.89 bits per heavy atom. The molecule has 0 saturated heterocycles. The third kappa shape index (κ3) is 3.13. The molecule has 0 amide bonds. The molecule has 2 rings (SSSR count). The Kier molecular flexibility index (Phi) is 3.91. The number of nitrogens with zero attached hydrogens (tertiary/aromatic N) is 1. The van der Waals surface area contributed by atoms with Gasteiger partial charge in [-0.05, 0) is 12.1 Å². The average molecular weight is 287 g/mol. The molecule has 0 aliphatic carbocycles. The van der Waals surface area contributed by atoms with Crippen molar-refractivity contribution in [2.45, 2.75) is 19.0 Å². The van der Waals surface area contributed by atoms with Gasteiger partial charge in [0.25, 0.3) is 0 Å². The molecule has 1 heterocycles. The van der Waals surface area contributed by atoms with E-state index in [1.807, 2.05) is 12.3 Å². The predicted molar refractivity (Wildman–Crippen MR) is 68.1 cm³/mol. The van der Waals surface area contributed by atoms with Crippen LogP contribution in [0.5, 0.6) is 0 Å². The molecule has 6 heteroatoms.